The molecule has 2 heterocycles. The number of ether oxygens (including phenoxy) is 2. The number of benzene rings is 1. The Bertz CT molecular complexity index is 736. The van der Waals surface area contributed by atoms with E-state index >= 15 is 0 Å². The van der Waals surface area contributed by atoms with Crippen molar-refractivity contribution in [2.24, 2.45) is 0 Å². The first kappa shape index (κ1) is 15.6. The molecule has 0 saturated carbocycles. The van der Waals surface area contributed by atoms with E-state index in [1.807, 2.05) is 23.1 Å². The van der Waals surface area contributed by atoms with Gasteiger partial charge >= 0.3 is 0 Å². The lowest BCUT2D eigenvalue weighted by Gasteiger charge is -2.25. The maximum atomic E-state index is 12.4. The summed E-state index contributed by atoms with van der Waals surface area (Å²) in [5.41, 5.74) is 2.09. The van der Waals surface area contributed by atoms with Crippen LogP contribution in [0.2, 0.25) is 0 Å². The number of nitrogens with zero attached hydrogens (tertiary/aromatic N) is 1. The highest BCUT2D eigenvalue weighted by molar-refractivity contribution is 7.10. The van der Waals surface area contributed by atoms with Crippen LogP contribution < -0.4 is 9.47 Å². The van der Waals surface area contributed by atoms with Crippen LogP contribution in [0.5, 0.6) is 11.5 Å². The van der Waals surface area contributed by atoms with Crippen LogP contribution in [-0.2, 0) is 17.8 Å². The first-order valence-electron chi connectivity index (χ1n) is 7.46. The molecule has 0 bridgehead atoms. The highest BCUT2D eigenvalue weighted by atomic mass is 32.1. The average Bonchev–Trinajstić information content (AvgIpc) is 3.06. The molecule has 0 aliphatic carbocycles. The third kappa shape index (κ3) is 3.24. The Kier molecular flexibility index (Phi) is 4.67. The van der Waals surface area contributed by atoms with Crippen LogP contribution in [0.1, 0.15) is 16.0 Å². The van der Waals surface area contributed by atoms with E-state index < -0.39 is 0 Å². The summed E-state index contributed by atoms with van der Waals surface area (Å²) < 4.78 is 10.7. The van der Waals surface area contributed by atoms with Crippen LogP contribution in [0.15, 0.2) is 35.7 Å². The van der Waals surface area contributed by atoms with Gasteiger partial charge in [-0.2, -0.15) is 0 Å². The first-order valence-corrected chi connectivity index (χ1v) is 8.34. The van der Waals surface area contributed by atoms with Gasteiger partial charge in [0.15, 0.2) is 11.5 Å². The second-order valence-corrected chi connectivity index (χ2v) is 6.30. The molecule has 3 rings (SSSR count). The predicted octanol–water partition coefficient (Wildman–Crippen LogP) is 3.36. The predicted molar refractivity (Wildman–Crippen MR) is 92.0 cm³/mol. The van der Waals surface area contributed by atoms with Crippen molar-refractivity contribution < 1.29 is 14.3 Å². The Morgan fingerprint density at radius 1 is 1.26 bits per heavy atom. The van der Waals surface area contributed by atoms with Crippen molar-refractivity contribution in [2.45, 2.75) is 13.0 Å². The number of thiophene rings is 1. The number of rotatable bonds is 4. The number of methoxy groups -OCH3 is 2. The van der Waals surface area contributed by atoms with Crippen LogP contribution in [0.25, 0.3) is 6.08 Å². The van der Waals surface area contributed by atoms with Gasteiger partial charge in [0.1, 0.15) is 0 Å². The normalized spacial score (nSPS) is 13.9. The molecule has 0 radical (unpaired) electrons. The molecule has 23 heavy (non-hydrogen) atoms. The van der Waals surface area contributed by atoms with Gasteiger partial charge in [0, 0.05) is 29.6 Å². The molecule has 2 aromatic rings. The standard InChI is InChI=1S/C18H19NO3S/c1-21-15-5-3-4-13(18(15)22-2)6-7-17(20)19-10-8-16-14(12-19)9-11-23-16/h3-7,9,11H,8,10,12H2,1-2H3. The molecule has 0 N–H and O–H groups in total. The van der Waals surface area contributed by atoms with E-state index in [0.717, 1.165) is 18.5 Å². The Morgan fingerprint density at radius 2 is 2.13 bits per heavy atom. The number of amides is 1. The highest BCUT2D eigenvalue weighted by Gasteiger charge is 2.19. The minimum atomic E-state index is 0.0201. The van der Waals surface area contributed by atoms with Crippen molar-refractivity contribution in [1.82, 2.24) is 4.90 Å². The number of fused-ring (bicyclic) bond motifs is 1. The molecule has 1 aromatic heterocycles. The van der Waals surface area contributed by atoms with Crippen molar-refractivity contribution in [1.29, 1.82) is 0 Å². The Labute approximate surface area is 140 Å². The van der Waals surface area contributed by atoms with Gasteiger partial charge in [-0.05, 0) is 35.6 Å². The van der Waals surface area contributed by atoms with Gasteiger partial charge in [0.2, 0.25) is 5.91 Å². The number of para-hydroxylation sites is 1. The van der Waals surface area contributed by atoms with E-state index in [1.54, 1.807) is 37.7 Å². The third-order valence-electron chi connectivity index (χ3n) is 3.96. The molecule has 0 atom stereocenters. The number of hydrogen-bond acceptors (Lipinski definition) is 4. The van der Waals surface area contributed by atoms with E-state index in [9.17, 15) is 4.79 Å². The average molecular weight is 329 g/mol. The SMILES string of the molecule is COc1cccc(C=CC(=O)N2CCc3sccc3C2)c1OC. The molecule has 0 saturated heterocycles. The van der Waals surface area contributed by atoms with Crippen LogP contribution in [0, 0.1) is 0 Å². The van der Waals surface area contributed by atoms with Crippen LogP contribution in [0.3, 0.4) is 0 Å². The summed E-state index contributed by atoms with van der Waals surface area (Å²) in [5, 5.41) is 2.09. The monoisotopic (exact) mass is 329 g/mol. The maximum Gasteiger partial charge on any atom is 0.246 e. The summed E-state index contributed by atoms with van der Waals surface area (Å²) in [6, 6.07) is 7.72. The van der Waals surface area contributed by atoms with E-state index in [1.165, 1.54) is 10.4 Å². The molecule has 1 aromatic carbocycles. The van der Waals surface area contributed by atoms with Gasteiger partial charge in [0.05, 0.1) is 14.2 Å². The fraction of sp³-hybridized carbons (Fsp3) is 0.278. The van der Waals surface area contributed by atoms with Crippen molar-refractivity contribution in [2.75, 3.05) is 20.8 Å². The minimum Gasteiger partial charge on any atom is -0.493 e. The molecule has 1 aliphatic heterocycles. The van der Waals surface area contributed by atoms with E-state index in [2.05, 4.69) is 11.4 Å². The summed E-state index contributed by atoms with van der Waals surface area (Å²) in [6.07, 6.45) is 4.33. The summed E-state index contributed by atoms with van der Waals surface area (Å²) in [4.78, 5) is 15.7. The Morgan fingerprint density at radius 3 is 2.91 bits per heavy atom. The summed E-state index contributed by atoms with van der Waals surface area (Å²) in [6.45, 7) is 1.46. The molecule has 0 spiro atoms. The van der Waals surface area contributed by atoms with Gasteiger partial charge in [-0.15, -0.1) is 11.3 Å². The van der Waals surface area contributed by atoms with Gasteiger partial charge in [-0.25, -0.2) is 0 Å². The maximum absolute atomic E-state index is 12.4. The van der Waals surface area contributed by atoms with Crippen molar-refractivity contribution in [3.05, 3.63) is 51.7 Å². The largest absolute Gasteiger partial charge is 0.493 e. The first-order chi connectivity index (χ1) is 11.2. The number of carbonyl (C=O) groups is 1. The summed E-state index contributed by atoms with van der Waals surface area (Å²) in [7, 11) is 3.20. The van der Waals surface area contributed by atoms with Gasteiger partial charge < -0.3 is 14.4 Å². The van der Waals surface area contributed by atoms with Crippen LogP contribution >= 0.6 is 11.3 Å². The molecule has 5 heteroatoms. The van der Waals surface area contributed by atoms with E-state index in [4.69, 9.17) is 9.47 Å². The molecule has 1 aliphatic rings. The lowest BCUT2D eigenvalue weighted by molar-refractivity contribution is -0.126. The van der Waals surface area contributed by atoms with Crippen molar-refractivity contribution >= 4 is 23.3 Å². The zero-order valence-electron chi connectivity index (χ0n) is 13.2. The fourth-order valence-corrected chi connectivity index (χ4v) is 3.64. The zero-order valence-corrected chi connectivity index (χ0v) is 14.1. The number of carbonyl (C=O) groups excluding carboxylic acids is 1. The molecule has 0 unspecified atom stereocenters. The zero-order chi connectivity index (χ0) is 16.2. The molecule has 0 fully saturated rings. The lowest BCUT2D eigenvalue weighted by atomic mass is 10.1. The van der Waals surface area contributed by atoms with E-state index in [-0.39, 0.29) is 5.91 Å². The van der Waals surface area contributed by atoms with Crippen molar-refractivity contribution in [3.8, 4) is 11.5 Å². The third-order valence-corrected chi connectivity index (χ3v) is 4.98. The summed E-state index contributed by atoms with van der Waals surface area (Å²) in [5.74, 6) is 1.31. The molecule has 1 amide bonds. The fourth-order valence-electron chi connectivity index (χ4n) is 2.75. The Hall–Kier alpha value is -2.27. The number of hydrogen-bond donors (Lipinski definition) is 0. The second-order valence-electron chi connectivity index (χ2n) is 5.29. The molecule has 4 nitrogen and oxygen atoms in total. The minimum absolute atomic E-state index is 0.0201. The van der Waals surface area contributed by atoms with Crippen molar-refractivity contribution in [3.63, 3.8) is 0 Å². The molecular weight excluding hydrogens is 310 g/mol. The molecular formula is C18H19NO3S. The van der Waals surface area contributed by atoms with Gasteiger partial charge in [-0.1, -0.05) is 12.1 Å². The van der Waals surface area contributed by atoms with Gasteiger partial charge in [-0.3, -0.25) is 4.79 Å². The molecule has 120 valence electrons. The van der Waals surface area contributed by atoms with Crippen LogP contribution in [-0.4, -0.2) is 31.6 Å². The van der Waals surface area contributed by atoms with Gasteiger partial charge in [0.25, 0.3) is 0 Å². The summed E-state index contributed by atoms with van der Waals surface area (Å²) >= 11 is 1.77. The smallest absolute Gasteiger partial charge is 0.246 e. The highest BCUT2D eigenvalue weighted by Crippen LogP contribution is 2.31. The lowest BCUT2D eigenvalue weighted by Crippen LogP contribution is -2.34. The Balaban J connectivity index is 1.75. The van der Waals surface area contributed by atoms with E-state index in [0.29, 0.717) is 18.0 Å². The topological polar surface area (TPSA) is 38.8 Å². The van der Waals surface area contributed by atoms with Crippen LogP contribution in [0.4, 0.5) is 0 Å². The quantitative estimate of drug-likeness (QED) is 0.807. The second kappa shape index (κ2) is 6.87.